The second kappa shape index (κ2) is 4.77. The van der Waals surface area contributed by atoms with E-state index in [9.17, 15) is 14.7 Å². The summed E-state index contributed by atoms with van der Waals surface area (Å²) in [5.74, 6) is -0.214. The van der Waals surface area contributed by atoms with Crippen LogP contribution in [0.25, 0.3) is 0 Å². The van der Waals surface area contributed by atoms with Crippen LogP contribution in [0.3, 0.4) is 0 Å². The van der Waals surface area contributed by atoms with Crippen LogP contribution in [0.15, 0.2) is 35.1 Å². The van der Waals surface area contributed by atoms with Crippen LogP contribution < -0.4 is 10.3 Å². The Kier molecular flexibility index (Phi) is 3.05. The predicted octanol–water partition coefficient (Wildman–Crippen LogP) is 1.84. The summed E-state index contributed by atoms with van der Waals surface area (Å²) in [4.78, 5) is 24.3. The molecule has 5 heteroatoms. The molecule has 0 aliphatic carbocycles. The predicted molar refractivity (Wildman–Crippen MR) is 76.6 cm³/mol. The maximum atomic E-state index is 12.5. The van der Waals surface area contributed by atoms with Gasteiger partial charge < -0.3 is 14.4 Å². The van der Waals surface area contributed by atoms with Gasteiger partial charge in [0.15, 0.2) is 0 Å². The number of phenolic OH excluding ortho intramolecular Hbond substituents is 1. The summed E-state index contributed by atoms with van der Waals surface area (Å²) in [7, 11) is 1.70. The average Bonchev–Trinajstić information content (AvgIpc) is 2.44. The number of aromatic nitrogens is 1. The molecule has 1 N–H and O–H groups in total. The number of aromatic hydroxyl groups is 1. The first-order valence-electron chi connectivity index (χ1n) is 6.67. The highest BCUT2D eigenvalue weighted by Crippen LogP contribution is 2.37. The molecule has 0 spiro atoms. The maximum Gasteiger partial charge on any atom is 0.312 e. The first kappa shape index (κ1) is 13.4. The number of hydrogen-bond donors (Lipinski definition) is 1. The van der Waals surface area contributed by atoms with Crippen LogP contribution >= 0.6 is 0 Å². The molecule has 21 heavy (non-hydrogen) atoms. The molecule has 1 aliphatic heterocycles. The van der Waals surface area contributed by atoms with Crippen molar-refractivity contribution < 1.29 is 14.6 Å². The van der Waals surface area contributed by atoms with Crippen molar-refractivity contribution in [3.05, 3.63) is 57.5 Å². The van der Waals surface area contributed by atoms with E-state index in [4.69, 9.17) is 4.74 Å². The lowest BCUT2D eigenvalue weighted by Gasteiger charge is -2.25. The van der Waals surface area contributed by atoms with E-state index in [1.807, 2.05) is 0 Å². The van der Waals surface area contributed by atoms with Gasteiger partial charge in [0.1, 0.15) is 11.5 Å². The SMILES string of the molecule is Cc1cc2c(c(=O)n1C)[C@@H](c1ccc(O)cc1)CC(=O)O2. The van der Waals surface area contributed by atoms with Crippen LogP contribution in [0.2, 0.25) is 0 Å². The number of benzene rings is 1. The number of phenols is 1. The zero-order valence-electron chi connectivity index (χ0n) is 11.8. The largest absolute Gasteiger partial charge is 0.508 e. The number of esters is 1. The average molecular weight is 285 g/mol. The summed E-state index contributed by atoms with van der Waals surface area (Å²) in [5, 5.41) is 9.38. The van der Waals surface area contributed by atoms with Gasteiger partial charge in [0.25, 0.3) is 5.56 Å². The monoisotopic (exact) mass is 285 g/mol. The van der Waals surface area contributed by atoms with Gasteiger partial charge in [-0.2, -0.15) is 0 Å². The number of fused-ring (bicyclic) bond motifs is 1. The Morgan fingerprint density at radius 2 is 1.90 bits per heavy atom. The van der Waals surface area contributed by atoms with Crippen molar-refractivity contribution in [3.8, 4) is 11.5 Å². The van der Waals surface area contributed by atoms with Gasteiger partial charge in [-0.05, 0) is 24.6 Å². The van der Waals surface area contributed by atoms with Crippen molar-refractivity contribution in [2.24, 2.45) is 7.05 Å². The van der Waals surface area contributed by atoms with E-state index in [0.29, 0.717) is 11.3 Å². The zero-order chi connectivity index (χ0) is 15.1. The molecule has 0 saturated heterocycles. The van der Waals surface area contributed by atoms with Crippen LogP contribution in [-0.4, -0.2) is 15.6 Å². The summed E-state index contributed by atoms with van der Waals surface area (Å²) in [6.07, 6.45) is 0.121. The molecule has 5 nitrogen and oxygen atoms in total. The standard InChI is InChI=1S/C16H15NO4/c1-9-7-13-15(16(20)17(9)2)12(8-14(19)21-13)10-3-5-11(18)6-4-10/h3-7,12,18H,8H2,1-2H3/t12-/m1/s1. The Morgan fingerprint density at radius 3 is 2.57 bits per heavy atom. The van der Waals surface area contributed by atoms with Crippen molar-refractivity contribution in [1.29, 1.82) is 0 Å². The Hall–Kier alpha value is -2.56. The number of carbonyl (C=O) groups excluding carboxylic acids is 1. The molecule has 0 unspecified atom stereocenters. The highest BCUT2D eigenvalue weighted by atomic mass is 16.5. The summed E-state index contributed by atoms with van der Waals surface area (Å²) < 4.78 is 6.77. The van der Waals surface area contributed by atoms with Crippen molar-refractivity contribution in [1.82, 2.24) is 4.57 Å². The first-order chi connectivity index (χ1) is 9.97. The van der Waals surface area contributed by atoms with E-state index in [1.165, 1.54) is 0 Å². The molecule has 1 aromatic carbocycles. The van der Waals surface area contributed by atoms with E-state index in [0.717, 1.165) is 11.3 Å². The topological polar surface area (TPSA) is 68.5 Å². The quantitative estimate of drug-likeness (QED) is 0.812. The normalized spacial score (nSPS) is 17.2. The Labute approximate surface area is 121 Å². The molecule has 3 rings (SSSR count). The molecule has 2 aromatic rings. The van der Waals surface area contributed by atoms with E-state index >= 15 is 0 Å². The van der Waals surface area contributed by atoms with E-state index in [2.05, 4.69) is 0 Å². The van der Waals surface area contributed by atoms with Crippen molar-refractivity contribution in [2.75, 3.05) is 0 Å². The third-order valence-corrected chi connectivity index (χ3v) is 3.91. The van der Waals surface area contributed by atoms with Crippen molar-refractivity contribution >= 4 is 5.97 Å². The third kappa shape index (κ3) is 2.20. The van der Waals surface area contributed by atoms with Crippen LogP contribution in [-0.2, 0) is 11.8 Å². The van der Waals surface area contributed by atoms with E-state index in [1.54, 1.807) is 48.9 Å². The summed E-state index contributed by atoms with van der Waals surface area (Å²) >= 11 is 0. The zero-order valence-corrected chi connectivity index (χ0v) is 11.8. The molecule has 1 aliphatic rings. The molecular formula is C16H15NO4. The highest BCUT2D eigenvalue weighted by molar-refractivity contribution is 5.77. The molecule has 108 valence electrons. The second-order valence-electron chi connectivity index (χ2n) is 5.25. The van der Waals surface area contributed by atoms with Gasteiger partial charge in [0, 0.05) is 24.7 Å². The minimum absolute atomic E-state index is 0.121. The van der Waals surface area contributed by atoms with Crippen LogP contribution in [0.4, 0.5) is 0 Å². The van der Waals surface area contributed by atoms with Gasteiger partial charge in [0.2, 0.25) is 0 Å². The molecule has 1 atom stereocenters. The fraction of sp³-hybridized carbons (Fsp3) is 0.250. The minimum atomic E-state index is -0.353. The van der Waals surface area contributed by atoms with Gasteiger partial charge in [-0.3, -0.25) is 9.59 Å². The summed E-state index contributed by atoms with van der Waals surface area (Å²) in [6, 6.07) is 8.26. The number of pyridine rings is 1. The van der Waals surface area contributed by atoms with Gasteiger partial charge in [0.05, 0.1) is 12.0 Å². The van der Waals surface area contributed by atoms with Gasteiger partial charge in [-0.15, -0.1) is 0 Å². The lowest BCUT2D eigenvalue weighted by molar-refractivity contribution is -0.135. The lowest BCUT2D eigenvalue weighted by atomic mass is 9.87. The number of nitrogens with zero attached hydrogens (tertiary/aromatic N) is 1. The highest BCUT2D eigenvalue weighted by Gasteiger charge is 2.32. The number of aryl methyl sites for hydroxylation is 1. The van der Waals surface area contributed by atoms with Crippen molar-refractivity contribution in [3.63, 3.8) is 0 Å². The summed E-state index contributed by atoms with van der Waals surface area (Å²) in [5.41, 5.74) is 1.88. The minimum Gasteiger partial charge on any atom is -0.508 e. The van der Waals surface area contributed by atoms with Crippen LogP contribution in [0, 0.1) is 6.92 Å². The smallest absolute Gasteiger partial charge is 0.312 e. The maximum absolute atomic E-state index is 12.5. The molecule has 0 amide bonds. The van der Waals surface area contributed by atoms with Gasteiger partial charge in [-0.25, -0.2) is 0 Å². The number of rotatable bonds is 1. The van der Waals surface area contributed by atoms with Crippen LogP contribution in [0.1, 0.15) is 29.2 Å². The Morgan fingerprint density at radius 1 is 1.24 bits per heavy atom. The number of hydrogen-bond acceptors (Lipinski definition) is 4. The molecule has 0 bridgehead atoms. The van der Waals surface area contributed by atoms with Gasteiger partial charge >= 0.3 is 5.97 Å². The fourth-order valence-corrected chi connectivity index (χ4v) is 2.64. The van der Waals surface area contributed by atoms with E-state index in [-0.39, 0.29) is 29.6 Å². The lowest BCUT2D eigenvalue weighted by Crippen LogP contribution is -2.31. The molecular weight excluding hydrogens is 270 g/mol. The number of ether oxygens (including phenoxy) is 1. The molecule has 1 aromatic heterocycles. The van der Waals surface area contributed by atoms with Crippen LogP contribution in [0.5, 0.6) is 11.5 Å². The van der Waals surface area contributed by atoms with Crippen molar-refractivity contribution in [2.45, 2.75) is 19.3 Å². The first-order valence-corrected chi connectivity index (χ1v) is 6.67. The molecule has 0 radical (unpaired) electrons. The Balaban J connectivity index is 2.21. The van der Waals surface area contributed by atoms with E-state index < -0.39 is 0 Å². The summed E-state index contributed by atoms with van der Waals surface area (Å²) in [6.45, 7) is 1.79. The molecule has 0 fully saturated rings. The third-order valence-electron chi connectivity index (χ3n) is 3.91. The fourth-order valence-electron chi connectivity index (χ4n) is 2.64. The van der Waals surface area contributed by atoms with Gasteiger partial charge in [-0.1, -0.05) is 12.1 Å². The molecule has 2 heterocycles. The molecule has 0 saturated carbocycles. The second-order valence-corrected chi connectivity index (χ2v) is 5.25. The number of carbonyl (C=O) groups is 1. The Bertz CT molecular complexity index is 774.